The summed E-state index contributed by atoms with van der Waals surface area (Å²) in [5.74, 6) is -0.140. The molecule has 0 bridgehead atoms. The van der Waals surface area contributed by atoms with Gasteiger partial charge in [-0.1, -0.05) is 36.4 Å². The summed E-state index contributed by atoms with van der Waals surface area (Å²) < 4.78 is 11.2. The predicted molar refractivity (Wildman–Crippen MR) is 91.4 cm³/mol. The van der Waals surface area contributed by atoms with Gasteiger partial charge in [0.15, 0.2) is 12.0 Å². The number of hydrogen-bond donors (Lipinski definition) is 0. The average Bonchev–Trinajstić information content (AvgIpc) is 2.97. The number of ether oxygens (including phenoxy) is 2. The van der Waals surface area contributed by atoms with Crippen LogP contribution in [0.15, 0.2) is 43.0 Å². The molecule has 0 N–H and O–H groups in total. The van der Waals surface area contributed by atoms with Crippen LogP contribution in [0.4, 0.5) is 4.79 Å². The highest BCUT2D eigenvalue weighted by molar-refractivity contribution is 5.87. The van der Waals surface area contributed by atoms with E-state index in [1.54, 1.807) is 26.8 Å². The van der Waals surface area contributed by atoms with E-state index in [9.17, 15) is 9.59 Å². The van der Waals surface area contributed by atoms with Crippen molar-refractivity contribution >= 4 is 11.9 Å². The zero-order chi connectivity index (χ0) is 17.7. The lowest BCUT2D eigenvalue weighted by Gasteiger charge is -2.30. The van der Waals surface area contributed by atoms with Gasteiger partial charge in [0.25, 0.3) is 0 Å². The fourth-order valence-electron chi connectivity index (χ4n) is 2.59. The van der Waals surface area contributed by atoms with E-state index in [1.165, 1.54) is 4.90 Å². The van der Waals surface area contributed by atoms with Crippen LogP contribution in [0, 0.1) is 0 Å². The van der Waals surface area contributed by atoms with Crippen molar-refractivity contribution < 1.29 is 19.1 Å². The normalized spacial score (nSPS) is 20.7. The summed E-state index contributed by atoms with van der Waals surface area (Å²) in [5.41, 5.74) is 0.276. The molecule has 1 aliphatic rings. The minimum absolute atomic E-state index is 0.140. The number of allylic oxidation sites excluding steroid dienone is 1. The highest BCUT2D eigenvalue weighted by Gasteiger charge is 2.44. The highest BCUT2D eigenvalue weighted by atomic mass is 16.6. The number of Topliss-reactive ketones (excluding diaryl/α,β-unsaturated/α-hetero) is 1. The Kier molecular flexibility index (Phi) is 5.78. The van der Waals surface area contributed by atoms with Crippen LogP contribution >= 0.6 is 0 Å². The summed E-state index contributed by atoms with van der Waals surface area (Å²) >= 11 is 0. The van der Waals surface area contributed by atoms with Crippen LogP contribution in [-0.2, 0) is 14.3 Å². The smallest absolute Gasteiger partial charge is 0.413 e. The van der Waals surface area contributed by atoms with Crippen LogP contribution in [0.1, 0.15) is 45.2 Å². The second kappa shape index (κ2) is 7.62. The molecule has 2 rings (SSSR count). The Morgan fingerprint density at radius 2 is 2.00 bits per heavy atom. The van der Waals surface area contributed by atoms with Gasteiger partial charge in [0.05, 0.1) is 12.6 Å². The molecular weight excluding hydrogens is 306 g/mol. The maximum absolute atomic E-state index is 12.7. The van der Waals surface area contributed by atoms with Gasteiger partial charge in [0, 0.05) is 6.42 Å². The van der Waals surface area contributed by atoms with Gasteiger partial charge < -0.3 is 9.47 Å². The van der Waals surface area contributed by atoms with Gasteiger partial charge in [0.2, 0.25) is 0 Å². The summed E-state index contributed by atoms with van der Waals surface area (Å²) in [6, 6.07) is 9.21. The first-order valence-corrected chi connectivity index (χ1v) is 8.15. The highest BCUT2D eigenvalue weighted by Crippen LogP contribution is 2.32. The van der Waals surface area contributed by atoms with E-state index < -0.39 is 17.9 Å². The molecule has 24 heavy (non-hydrogen) atoms. The summed E-state index contributed by atoms with van der Waals surface area (Å²) in [7, 11) is 0. The SMILES string of the molecule is C=CCCC(=O)[C@@H]1OC[C@H](c2ccccc2)N1C(=O)OC(C)(C)C. The molecule has 130 valence electrons. The van der Waals surface area contributed by atoms with E-state index >= 15 is 0 Å². The van der Waals surface area contributed by atoms with E-state index in [1.807, 2.05) is 30.3 Å². The Morgan fingerprint density at radius 3 is 2.58 bits per heavy atom. The number of carbonyl (C=O) groups is 2. The van der Waals surface area contributed by atoms with Crippen molar-refractivity contribution in [1.82, 2.24) is 4.90 Å². The van der Waals surface area contributed by atoms with Gasteiger partial charge in [-0.05, 0) is 32.8 Å². The van der Waals surface area contributed by atoms with Crippen LogP contribution < -0.4 is 0 Å². The van der Waals surface area contributed by atoms with Crippen molar-refractivity contribution in [3.05, 3.63) is 48.6 Å². The van der Waals surface area contributed by atoms with Gasteiger partial charge in [0.1, 0.15) is 5.60 Å². The molecule has 1 aromatic carbocycles. The fourth-order valence-corrected chi connectivity index (χ4v) is 2.59. The van der Waals surface area contributed by atoms with E-state index in [0.29, 0.717) is 6.42 Å². The van der Waals surface area contributed by atoms with Crippen molar-refractivity contribution in [2.24, 2.45) is 0 Å². The maximum atomic E-state index is 12.7. The number of benzene rings is 1. The first-order chi connectivity index (χ1) is 11.3. The second-order valence-electron chi connectivity index (χ2n) is 6.79. The Balaban J connectivity index is 2.26. The molecule has 1 aliphatic heterocycles. The fraction of sp³-hybridized carbons (Fsp3) is 0.474. The lowest BCUT2D eigenvalue weighted by molar-refractivity contribution is -0.134. The van der Waals surface area contributed by atoms with E-state index in [2.05, 4.69) is 6.58 Å². The van der Waals surface area contributed by atoms with Crippen molar-refractivity contribution in [3.63, 3.8) is 0 Å². The number of hydrogen-bond acceptors (Lipinski definition) is 4. The second-order valence-corrected chi connectivity index (χ2v) is 6.79. The standard InChI is InChI=1S/C19H25NO4/c1-5-6-12-16(21)17-20(18(22)24-19(2,3)4)15(13-23-17)14-10-8-7-9-11-14/h5,7-11,15,17H,1,6,12-13H2,2-4H3/t15-,17+/m1/s1. The first kappa shape index (κ1) is 18.2. The van der Waals surface area contributed by atoms with Crippen molar-refractivity contribution in [2.75, 3.05) is 6.61 Å². The largest absolute Gasteiger partial charge is 0.444 e. The Bertz CT molecular complexity index is 591. The minimum atomic E-state index is -0.912. The van der Waals surface area contributed by atoms with Gasteiger partial charge in [-0.2, -0.15) is 0 Å². The van der Waals surface area contributed by atoms with Crippen molar-refractivity contribution in [3.8, 4) is 0 Å². The van der Waals surface area contributed by atoms with Crippen molar-refractivity contribution in [1.29, 1.82) is 0 Å². The van der Waals surface area contributed by atoms with Gasteiger partial charge >= 0.3 is 6.09 Å². The molecule has 0 aliphatic carbocycles. The molecule has 0 aromatic heterocycles. The lowest BCUT2D eigenvalue weighted by atomic mass is 10.1. The monoisotopic (exact) mass is 331 g/mol. The molecule has 5 nitrogen and oxygen atoms in total. The van der Waals surface area contributed by atoms with Crippen LogP contribution in [0.2, 0.25) is 0 Å². The molecule has 1 aromatic rings. The molecule has 1 amide bonds. The molecule has 1 heterocycles. The Labute approximate surface area is 143 Å². The van der Waals surface area contributed by atoms with Crippen LogP contribution in [0.3, 0.4) is 0 Å². The van der Waals surface area contributed by atoms with Gasteiger partial charge in [-0.3, -0.25) is 9.69 Å². The zero-order valence-electron chi connectivity index (χ0n) is 14.5. The predicted octanol–water partition coefficient (Wildman–Crippen LogP) is 3.86. The number of ketones is 1. The number of amides is 1. The van der Waals surface area contributed by atoms with Gasteiger partial charge in [-0.15, -0.1) is 6.58 Å². The number of nitrogens with zero attached hydrogens (tertiary/aromatic N) is 1. The Morgan fingerprint density at radius 1 is 1.33 bits per heavy atom. The Hall–Kier alpha value is -2.14. The number of rotatable bonds is 5. The molecule has 0 unspecified atom stereocenters. The minimum Gasteiger partial charge on any atom is -0.444 e. The maximum Gasteiger partial charge on any atom is 0.413 e. The molecular formula is C19H25NO4. The van der Waals surface area contributed by atoms with E-state index in [-0.39, 0.29) is 24.9 Å². The third-order valence-electron chi connectivity index (χ3n) is 3.66. The molecule has 5 heteroatoms. The molecule has 1 fully saturated rings. The average molecular weight is 331 g/mol. The summed E-state index contributed by atoms with van der Waals surface area (Å²) in [6.07, 6.45) is 1.07. The summed E-state index contributed by atoms with van der Waals surface area (Å²) in [5, 5.41) is 0. The summed E-state index contributed by atoms with van der Waals surface area (Å²) in [4.78, 5) is 26.5. The summed E-state index contributed by atoms with van der Waals surface area (Å²) in [6.45, 7) is 9.30. The molecule has 0 spiro atoms. The molecule has 0 saturated carbocycles. The van der Waals surface area contributed by atoms with Crippen molar-refractivity contribution in [2.45, 2.75) is 51.5 Å². The molecule has 2 atom stereocenters. The zero-order valence-corrected chi connectivity index (χ0v) is 14.5. The van der Waals surface area contributed by atoms with E-state index in [4.69, 9.17) is 9.47 Å². The third-order valence-corrected chi connectivity index (χ3v) is 3.66. The van der Waals surface area contributed by atoms with Crippen LogP contribution in [-0.4, -0.2) is 35.2 Å². The van der Waals surface area contributed by atoms with Crippen LogP contribution in [0.25, 0.3) is 0 Å². The lowest BCUT2D eigenvalue weighted by Crippen LogP contribution is -2.45. The molecule has 1 saturated heterocycles. The van der Waals surface area contributed by atoms with E-state index in [0.717, 1.165) is 5.56 Å². The quantitative estimate of drug-likeness (QED) is 0.769. The van der Waals surface area contributed by atoms with Crippen LogP contribution in [0.5, 0.6) is 0 Å². The molecule has 0 radical (unpaired) electrons. The van der Waals surface area contributed by atoms with Gasteiger partial charge in [-0.25, -0.2) is 4.79 Å². The number of carbonyl (C=O) groups excluding carboxylic acids is 2. The first-order valence-electron chi connectivity index (χ1n) is 8.15. The topological polar surface area (TPSA) is 55.8 Å². The third kappa shape index (κ3) is 4.45.